The minimum Gasteiger partial charge on any atom is -0.494 e. The lowest BCUT2D eigenvalue weighted by atomic mass is 10.1. The van der Waals surface area contributed by atoms with Gasteiger partial charge in [-0.15, -0.1) is 0 Å². The fourth-order valence-electron chi connectivity index (χ4n) is 1.74. The molecule has 2 N–H and O–H groups in total. The molecule has 0 aliphatic rings. The number of aromatic nitrogens is 2. The average Bonchev–Trinajstić information content (AvgIpc) is 2.78. The van der Waals surface area contributed by atoms with Gasteiger partial charge in [0.1, 0.15) is 5.75 Å². The molecular weight excluding hydrogens is 232 g/mol. The van der Waals surface area contributed by atoms with Gasteiger partial charge in [-0.3, -0.25) is 9.89 Å². The molecule has 0 radical (unpaired) electrons. The minimum absolute atomic E-state index is 0.0426. The Labute approximate surface area is 104 Å². The van der Waals surface area contributed by atoms with Crippen LogP contribution in [0.3, 0.4) is 0 Å². The topological polar surface area (TPSA) is 75.2 Å². The summed E-state index contributed by atoms with van der Waals surface area (Å²) < 4.78 is 5.35. The number of hydrogen-bond donors (Lipinski definition) is 2. The highest BCUT2D eigenvalue weighted by Crippen LogP contribution is 2.24. The lowest BCUT2D eigenvalue weighted by molar-refractivity contribution is -0.136. The van der Waals surface area contributed by atoms with Crippen molar-refractivity contribution in [3.8, 4) is 17.0 Å². The summed E-state index contributed by atoms with van der Waals surface area (Å²) in [5.74, 6) is -0.0795. The van der Waals surface area contributed by atoms with E-state index in [1.165, 1.54) is 0 Å². The highest BCUT2D eigenvalue weighted by Gasteiger charge is 2.10. The van der Waals surface area contributed by atoms with Crippen LogP contribution in [-0.2, 0) is 11.2 Å². The first-order chi connectivity index (χ1) is 8.70. The van der Waals surface area contributed by atoms with Gasteiger partial charge >= 0.3 is 5.97 Å². The third kappa shape index (κ3) is 2.68. The highest BCUT2D eigenvalue weighted by atomic mass is 16.5. The zero-order valence-corrected chi connectivity index (χ0v) is 10.0. The largest absolute Gasteiger partial charge is 0.494 e. The van der Waals surface area contributed by atoms with E-state index in [2.05, 4.69) is 10.2 Å². The number of nitrogens with one attached hydrogen (secondary N) is 1. The van der Waals surface area contributed by atoms with Crippen molar-refractivity contribution >= 4 is 5.97 Å². The molecule has 0 saturated carbocycles. The molecule has 0 aliphatic heterocycles. The summed E-state index contributed by atoms with van der Waals surface area (Å²) in [5.41, 5.74) is 2.30. The van der Waals surface area contributed by atoms with Crippen LogP contribution in [0.1, 0.15) is 12.5 Å². The number of ether oxygens (including phenoxy) is 1. The Bertz CT molecular complexity index is 531. The van der Waals surface area contributed by atoms with Crippen LogP contribution in [0.15, 0.2) is 30.5 Å². The minimum atomic E-state index is -0.872. The predicted octanol–water partition coefficient (Wildman–Crippen LogP) is 2.10. The predicted molar refractivity (Wildman–Crippen MR) is 66.5 cm³/mol. The standard InChI is InChI=1S/C13H14N2O3/c1-2-18-11-5-3-9(4-6-11)13-10(7-12(16)17)8-14-15-13/h3-6,8H,2,7H2,1H3,(H,14,15)(H,16,17). The van der Waals surface area contributed by atoms with Gasteiger partial charge in [0.15, 0.2) is 0 Å². The van der Waals surface area contributed by atoms with Crippen LogP contribution in [-0.4, -0.2) is 27.9 Å². The second-order valence-electron chi connectivity index (χ2n) is 3.80. The number of carboxylic acids is 1. The van der Waals surface area contributed by atoms with E-state index in [9.17, 15) is 4.79 Å². The monoisotopic (exact) mass is 246 g/mol. The van der Waals surface area contributed by atoms with Crippen molar-refractivity contribution in [3.63, 3.8) is 0 Å². The van der Waals surface area contributed by atoms with Crippen LogP contribution in [0, 0.1) is 0 Å². The van der Waals surface area contributed by atoms with E-state index in [4.69, 9.17) is 9.84 Å². The Kier molecular flexibility index (Phi) is 3.62. The molecule has 5 nitrogen and oxygen atoms in total. The molecule has 1 heterocycles. The van der Waals surface area contributed by atoms with Crippen molar-refractivity contribution in [2.24, 2.45) is 0 Å². The van der Waals surface area contributed by atoms with Crippen LogP contribution in [0.5, 0.6) is 5.75 Å². The Balaban J connectivity index is 2.25. The van der Waals surface area contributed by atoms with Crippen molar-refractivity contribution in [1.29, 1.82) is 0 Å². The fraction of sp³-hybridized carbons (Fsp3) is 0.231. The van der Waals surface area contributed by atoms with Gasteiger partial charge in [-0.25, -0.2) is 0 Å². The molecule has 18 heavy (non-hydrogen) atoms. The number of rotatable bonds is 5. The number of carboxylic acid groups (broad SMARTS) is 1. The van der Waals surface area contributed by atoms with Crippen LogP contribution in [0.25, 0.3) is 11.3 Å². The Morgan fingerprint density at radius 3 is 2.72 bits per heavy atom. The molecule has 0 atom stereocenters. The maximum absolute atomic E-state index is 10.7. The van der Waals surface area contributed by atoms with E-state index in [-0.39, 0.29) is 6.42 Å². The molecule has 1 aromatic carbocycles. The van der Waals surface area contributed by atoms with Crippen LogP contribution in [0.2, 0.25) is 0 Å². The van der Waals surface area contributed by atoms with E-state index in [0.29, 0.717) is 12.2 Å². The molecule has 0 aliphatic carbocycles. The number of aliphatic carboxylic acids is 1. The molecule has 0 unspecified atom stereocenters. The first-order valence-electron chi connectivity index (χ1n) is 5.68. The van der Waals surface area contributed by atoms with Gasteiger partial charge in [0.25, 0.3) is 0 Å². The second kappa shape index (κ2) is 5.35. The lowest BCUT2D eigenvalue weighted by Gasteiger charge is -2.05. The summed E-state index contributed by atoms with van der Waals surface area (Å²) in [6.07, 6.45) is 1.50. The van der Waals surface area contributed by atoms with Crippen molar-refractivity contribution in [2.45, 2.75) is 13.3 Å². The van der Waals surface area contributed by atoms with Gasteiger partial charge in [0.05, 0.1) is 24.9 Å². The molecule has 0 saturated heterocycles. The van der Waals surface area contributed by atoms with Crippen molar-refractivity contribution in [1.82, 2.24) is 10.2 Å². The average molecular weight is 246 g/mol. The Hall–Kier alpha value is -2.30. The summed E-state index contributed by atoms with van der Waals surface area (Å²) in [5, 5.41) is 15.5. The van der Waals surface area contributed by atoms with E-state index >= 15 is 0 Å². The van der Waals surface area contributed by atoms with Crippen molar-refractivity contribution in [2.75, 3.05) is 6.61 Å². The van der Waals surface area contributed by atoms with Crippen molar-refractivity contribution in [3.05, 3.63) is 36.0 Å². The molecule has 1 aromatic heterocycles. The summed E-state index contributed by atoms with van der Waals surface area (Å²) in [6, 6.07) is 7.46. The van der Waals surface area contributed by atoms with Gasteiger partial charge in [-0.05, 0) is 31.2 Å². The maximum Gasteiger partial charge on any atom is 0.307 e. The third-order valence-electron chi connectivity index (χ3n) is 2.51. The summed E-state index contributed by atoms with van der Waals surface area (Å²) in [4.78, 5) is 10.7. The first kappa shape index (κ1) is 12.2. The van der Waals surface area contributed by atoms with Crippen LogP contribution in [0.4, 0.5) is 0 Å². The zero-order valence-electron chi connectivity index (χ0n) is 10.0. The summed E-state index contributed by atoms with van der Waals surface area (Å²) in [7, 11) is 0. The zero-order chi connectivity index (χ0) is 13.0. The first-order valence-corrected chi connectivity index (χ1v) is 5.68. The molecule has 0 spiro atoms. The Morgan fingerprint density at radius 2 is 2.11 bits per heavy atom. The van der Waals surface area contributed by atoms with Gasteiger partial charge in [-0.1, -0.05) is 0 Å². The molecule has 94 valence electrons. The maximum atomic E-state index is 10.7. The van der Waals surface area contributed by atoms with Gasteiger partial charge in [0, 0.05) is 11.1 Å². The second-order valence-corrected chi connectivity index (χ2v) is 3.80. The number of nitrogens with zero attached hydrogens (tertiary/aromatic N) is 1. The molecule has 5 heteroatoms. The van der Waals surface area contributed by atoms with E-state index in [1.54, 1.807) is 6.20 Å². The number of benzene rings is 1. The normalized spacial score (nSPS) is 10.3. The number of hydrogen-bond acceptors (Lipinski definition) is 3. The van der Waals surface area contributed by atoms with E-state index < -0.39 is 5.97 Å². The lowest BCUT2D eigenvalue weighted by Crippen LogP contribution is -2.00. The number of carbonyl (C=O) groups is 1. The highest BCUT2D eigenvalue weighted by molar-refractivity contribution is 5.74. The third-order valence-corrected chi connectivity index (χ3v) is 2.51. The summed E-state index contributed by atoms with van der Waals surface area (Å²) >= 11 is 0. The molecule has 2 rings (SSSR count). The molecule has 0 bridgehead atoms. The fourth-order valence-corrected chi connectivity index (χ4v) is 1.74. The van der Waals surface area contributed by atoms with Crippen molar-refractivity contribution < 1.29 is 14.6 Å². The summed E-state index contributed by atoms with van der Waals surface area (Å²) in [6.45, 7) is 2.54. The number of aromatic amines is 1. The van der Waals surface area contributed by atoms with E-state index in [0.717, 1.165) is 17.0 Å². The Morgan fingerprint density at radius 1 is 1.39 bits per heavy atom. The van der Waals surface area contributed by atoms with Gasteiger partial charge < -0.3 is 9.84 Å². The van der Waals surface area contributed by atoms with Gasteiger partial charge in [0.2, 0.25) is 0 Å². The van der Waals surface area contributed by atoms with Crippen LogP contribution >= 0.6 is 0 Å². The van der Waals surface area contributed by atoms with E-state index in [1.807, 2.05) is 31.2 Å². The molecular formula is C13H14N2O3. The molecule has 0 fully saturated rings. The molecule has 0 amide bonds. The van der Waals surface area contributed by atoms with Crippen LogP contribution < -0.4 is 4.74 Å². The molecule has 2 aromatic rings. The quantitative estimate of drug-likeness (QED) is 0.847. The van der Waals surface area contributed by atoms with Gasteiger partial charge in [-0.2, -0.15) is 5.10 Å². The SMILES string of the molecule is CCOc1ccc(-c2[nH]ncc2CC(=O)O)cc1. The smallest absolute Gasteiger partial charge is 0.307 e. The number of H-pyrrole nitrogens is 1.